The zero-order chi connectivity index (χ0) is 10.4. The minimum Gasteiger partial charge on any atom is -0.465 e. The molecule has 0 radical (unpaired) electrons. The van der Waals surface area contributed by atoms with Gasteiger partial charge in [0.05, 0.1) is 19.2 Å². The highest BCUT2D eigenvalue weighted by atomic mass is 16.5. The first-order chi connectivity index (χ1) is 6.77. The van der Waals surface area contributed by atoms with E-state index in [1.807, 2.05) is 12.1 Å². The van der Waals surface area contributed by atoms with E-state index in [0.29, 0.717) is 12.1 Å². The Hall–Kier alpha value is -1.84. The molecule has 4 nitrogen and oxygen atoms in total. The highest BCUT2D eigenvalue weighted by Gasteiger charge is 2.03. The lowest BCUT2D eigenvalue weighted by atomic mass is 10.1. The number of esters is 1. The molecule has 0 spiro atoms. The van der Waals surface area contributed by atoms with Crippen LogP contribution < -0.4 is 5.43 Å². The number of benzene rings is 1. The summed E-state index contributed by atoms with van der Waals surface area (Å²) in [4.78, 5) is 11.1. The summed E-state index contributed by atoms with van der Waals surface area (Å²) < 4.78 is 4.57. The van der Waals surface area contributed by atoms with Crippen molar-refractivity contribution in [1.82, 2.24) is 5.43 Å². The van der Waals surface area contributed by atoms with E-state index in [9.17, 15) is 4.79 Å². The molecular formula is C10H12N2O2. The van der Waals surface area contributed by atoms with Crippen LogP contribution in [0.2, 0.25) is 0 Å². The van der Waals surface area contributed by atoms with Crippen molar-refractivity contribution < 1.29 is 9.53 Å². The fraction of sp³-hybridized carbons (Fsp3) is 0.200. The minimum atomic E-state index is -0.327. The lowest BCUT2D eigenvalue weighted by molar-refractivity contribution is 0.0600. The number of carbonyl (C=O) groups excluding carboxylic acids is 1. The molecule has 4 heteroatoms. The number of methoxy groups -OCH3 is 1. The smallest absolute Gasteiger partial charge is 0.337 e. The molecular weight excluding hydrogens is 180 g/mol. The number of hydrogen-bond donors (Lipinski definition) is 1. The molecule has 14 heavy (non-hydrogen) atoms. The summed E-state index contributed by atoms with van der Waals surface area (Å²) in [5, 5.41) is 3.51. The number of ether oxygens (including phenoxy) is 1. The van der Waals surface area contributed by atoms with Crippen LogP contribution in [-0.4, -0.2) is 19.8 Å². The van der Waals surface area contributed by atoms with E-state index in [2.05, 4.69) is 22.0 Å². The molecule has 0 amide bonds. The standard InChI is InChI=1S/C10H12N2O2/c1-11-12-7-8-3-5-9(6-4-8)10(13)14-2/h3-6,12H,1,7H2,2H3. The average molecular weight is 192 g/mol. The van der Waals surface area contributed by atoms with Crippen molar-refractivity contribution in [2.45, 2.75) is 6.54 Å². The largest absolute Gasteiger partial charge is 0.465 e. The van der Waals surface area contributed by atoms with E-state index in [-0.39, 0.29) is 5.97 Å². The Balaban J connectivity index is 2.68. The predicted octanol–water partition coefficient (Wildman–Crippen LogP) is 1.18. The maximum absolute atomic E-state index is 11.1. The first-order valence-electron chi connectivity index (χ1n) is 4.13. The summed E-state index contributed by atoms with van der Waals surface area (Å²) in [6, 6.07) is 7.10. The minimum absolute atomic E-state index is 0.327. The van der Waals surface area contributed by atoms with Crippen LogP contribution in [0.15, 0.2) is 29.4 Å². The van der Waals surface area contributed by atoms with Gasteiger partial charge < -0.3 is 10.2 Å². The summed E-state index contributed by atoms with van der Waals surface area (Å²) in [5.41, 5.74) is 4.30. The van der Waals surface area contributed by atoms with Gasteiger partial charge in [0, 0.05) is 6.72 Å². The Morgan fingerprint density at radius 3 is 2.64 bits per heavy atom. The molecule has 0 aromatic heterocycles. The fourth-order valence-corrected chi connectivity index (χ4v) is 1.02. The Morgan fingerprint density at radius 2 is 2.14 bits per heavy atom. The SMILES string of the molecule is C=NNCc1ccc(C(=O)OC)cc1. The lowest BCUT2D eigenvalue weighted by Gasteiger charge is -2.02. The summed E-state index contributed by atoms with van der Waals surface area (Å²) >= 11 is 0. The van der Waals surface area contributed by atoms with Crippen molar-refractivity contribution in [3.63, 3.8) is 0 Å². The number of nitrogens with one attached hydrogen (secondary N) is 1. The van der Waals surface area contributed by atoms with Gasteiger partial charge in [0.1, 0.15) is 0 Å². The van der Waals surface area contributed by atoms with Gasteiger partial charge in [-0.1, -0.05) is 12.1 Å². The maximum atomic E-state index is 11.1. The van der Waals surface area contributed by atoms with Gasteiger partial charge in [-0.3, -0.25) is 0 Å². The van der Waals surface area contributed by atoms with Crippen LogP contribution in [0.25, 0.3) is 0 Å². The first-order valence-corrected chi connectivity index (χ1v) is 4.13. The molecule has 1 aromatic carbocycles. The molecule has 0 unspecified atom stereocenters. The third-order valence-corrected chi connectivity index (χ3v) is 1.77. The van der Waals surface area contributed by atoms with E-state index in [0.717, 1.165) is 5.56 Å². The zero-order valence-electron chi connectivity index (χ0n) is 7.99. The van der Waals surface area contributed by atoms with Crippen LogP contribution in [-0.2, 0) is 11.3 Å². The van der Waals surface area contributed by atoms with Gasteiger partial charge in [-0.15, -0.1) is 0 Å². The third-order valence-electron chi connectivity index (χ3n) is 1.77. The zero-order valence-corrected chi connectivity index (χ0v) is 7.99. The van der Waals surface area contributed by atoms with Gasteiger partial charge in [-0.25, -0.2) is 4.79 Å². The van der Waals surface area contributed by atoms with Gasteiger partial charge in [0.25, 0.3) is 0 Å². The predicted molar refractivity (Wildman–Crippen MR) is 54.2 cm³/mol. The summed E-state index contributed by atoms with van der Waals surface area (Å²) in [5.74, 6) is -0.327. The van der Waals surface area contributed by atoms with Crippen molar-refractivity contribution in [2.24, 2.45) is 5.10 Å². The normalized spacial score (nSPS) is 9.21. The highest BCUT2D eigenvalue weighted by Crippen LogP contribution is 2.05. The summed E-state index contributed by atoms with van der Waals surface area (Å²) in [7, 11) is 1.36. The van der Waals surface area contributed by atoms with Crippen molar-refractivity contribution in [2.75, 3.05) is 7.11 Å². The van der Waals surface area contributed by atoms with E-state index < -0.39 is 0 Å². The Kier molecular flexibility index (Phi) is 3.67. The Bertz CT molecular complexity index is 319. The number of carbonyl (C=O) groups is 1. The Morgan fingerprint density at radius 1 is 1.50 bits per heavy atom. The van der Waals surface area contributed by atoms with Crippen LogP contribution >= 0.6 is 0 Å². The molecule has 0 heterocycles. The molecule has 0 saturated heterocycles. The van der Waals surface area contributed by atoms with Gasteiger partial charge >= 0.3 is 5.97 Å². The molecule has 1 aromatic rings. The maximum Gasteiger partial charge on any atom is 0.337 e. The third kappa shape index (κ3) is 2.58. The average Bonchev–Trinajstić information content (AvgIpc) is 2.26. The second kappa shape index (κ2) is 5.01. The molecule has 0 atom stereocenters. The van der Waals surface area contributed by atoms with E-state index in [1.165, 1.54) is 7.11 Å². The van der Waals surface area contributed by atoms with Crippen molar-refractivity contribution in [1.29, 1.82) is 0 Å². The van der Waals surface area contributed by atoms with Crippen molar-refractivity contribution in [3.05, 3.63) is 35.4 Å². The van der Waals surface area contributed by atoms with Gasteiger partial charge in [-0.2, -0.15) is 5.10 Å². The van der Waals surface area contributed by atoms with E-state index in [1.54, 1.807) is 12.1 Å². The Labute approximate surface area is 82.6 Å². The van der Waals surface area contributed by atoms with Gasteiger partial charge in [0.15, 0.2) is 0 Å². The molecule has 0 fully saturated rings. The highest BCUT2D eigenvalue weighted by molar-refractivity contribution is 5.89. The molecule has 0 bridgehead atoms. The molecule has 74 valence electrons. The molecule has 1 N–H and O–H groups in total. The van der Waals surface area contributed by atoms with Gasteiger partial charge in [0.2, 0.25) is 0 Å². The van der Waals surface area contributed by atoms with E-state index in [4.69, 9.17) is 0 Å². The summed E-state index contributed by atoms with van der Waals surface area (Å²) in [6.07, 6.45) is 0. The van der Waals surface area contributed by atoms with Crippen LogP contribution in [0.3, 0.4) is 0 Å². The fourth-order valence-electron chi connectivity index (χ4n) is 1.02. The monoisotopic (exact) mass is 192 g/mol. The van der Waals surface area contributed by atoms with Crippen LogP contribution in [0, 0.1) is 0 Å². The lowest BCUT2D eigenvalue weighted by Crippen LogP contribution is -2.05. The molecule has 1 rings (SSSR count). The molecule has 0 saturated carbocycles. The van der Waals surface area contributed by atoms with Gasteiger partial charge in [-0.05, 0) is 17.7 Å². The molecule has 0 aliphatic heterocycles. The first kappa shape index (κ1) is 10.2. The van der Waals surface area contributed by atoms with Crippen LogP contribution in [0.4, 0.5) is 0 Å². The summed E-state index contributed by atoms with van der Waals surface area (Å²) in [6.45, 7) is 3.90. The van der Waals surface area contributed by atoms with Crippen molar-refractivity contribution in [3.8, 4) is 0 Å². The van der Waals surface area contributed by atoms with Crippen molar-refractivity contribution >= 4 is 12.7 Å². The second-order valence-electron chi connectivity index (χ2n) is 2.68. The number of nitrogens with zero attached hydrogens (tertiary/aromatic N) is 1. The van der Waals surface area contributed by atoms with E-state index >= 15 is 0 Å². The molecule has 0 aliphatic carbocycles. The number of hydrogen-bond acceptors (Lipinski definition) is 4. The quantitative estimate of drug-likeness (QED) is 0.442. The van der Waals surface area contributed by atoms with Crippen LogP contribution in [0.5, 0.6) is 0 Å². The number of hydrazone groups is 1. The number of rotatable bonds is 4. The van der Waals surface area contributed by atoms with Crippen LogP contribution in [0.1, 0.15) is 15.9 Å². The topological polar surface area (TPSA) is 50.7 Å². The molecule has 0 aliphatic rings. The second-order valence-corrected chi connectivity index (χ2v) is 2.68.